The highest BCUT2D eigenvalue weighted by molar-refractivity contribution is 5.97. The van der Waals surface area contributed by atoms with Gasteiger partial charge in [0.2, 0.25) is 5.91 Å². The molecule has 0 aliphatic carbocycles. The number of nitrogens with zero attached hydrogens (tertiary/aromatic N) is 6. The fraction of sp³-hybridized carbons (Fsp3) is 0.341. The van der Waals surface area contributed by atoms with E-state index >= 15 is 4.39 Å². The molecule has 3 aromatic carbocycles. The summed E-state index contributed by atoms with van der Waals surface area (Å²) >= 11 is 0. The number of amides is 4. The lowest BCUT2D eigenvalue weighted by molar-refractivity contribution is -0.133. The van der Waals surface area contributed by atoms with Crippen molar-refractivity contribution in [2.75, 3.05) is 96.0 Å². The van der Waals surface area contributed by atoms with Crippen LogP contribution < -0.4 is 21.5 Å². The number of benzene rings is 3. The molecule has 4 amide bonds. The SMILES string of the molecule is Nc1cc(N2CCOCC2)cnc1C(=O)NCCOCCN(CC(=O)N1CCN(C(=O)c2cc(Cc3n[nH]c(=O)c4ccccc34)ccc2F)CC1)C(=O)OCc1ccccc1. The van der Waals surface area contributed by atoms with Crippen LogP contribution in [0.3, 0.4) is 0 Å². The molecule has 0 radical (unpaired) electrons. The molecule has 7 rings (SSSR count). The molecule has 0 spiro atoms. The summed E-state index contributed by atoms with van der Waals surface area (Å²) in [6.07, 6.45) is 1.15. The second-order valence-electron chi connectivity index (χ2n) is 14.8. The third-order valence-corrected chi connectivity index (χ3v) is 10.6. The first kappa shape index (κ1) is 43.2. The van der Waals surface area contributed by atoms with Crippen LogP contribution in [0.4, 0.5) is 20.6 Å². The van der Waals surface area contributed by atoms with E-state index in [1.807, 2.05) is 30.3 Å². The van der Waals surface area contributed by atoms with Gasteiger partial charge in [0.15, 0.2) is 5.69 Å². The van der Waals surface area contributed by atoms with Gasteiger partial charge in [-0.15, -0.1) is 0 Å². The van der Waals surface area contributed by atoms with Gasteiger partial charge in [-0.3, -0.25) is 24.1 Å². The minimum atomic E-state index is -0.713. The lowest BCUT2D eigenvalue weighted by Crippen LogP contribution is -2.53. The van der Waals surface area contributed by atoms with Crippen LogP contribution in [0, 0.1) is 5.82 Å². The minimum Gasteiger partial charge on any atom is -0.445 e. The first-order chi connectivity index (χ1) is 30.1. The van der Waals surface area contributed by atoms with Crippen molar-refractivity contribution in [3.63, 3.8) is 0 Å². The predicted molar refractivity (Wildman–Crippen MR) is 227 cm³/mol. The van der Waals surface area contributed by atoms with E-state index in [0.29, 0.717) is 48.3 Å². The van der Waals surface area contributed by atoms with E-state index in [-0.39, 0.29) is 100 Å². The number of fused-ring (bicyclic) bond motifs is 1. The quantitative estimate of drug-likeness (QED) is 0.130. The molecule has 62 heavy (non-hydrogen) atoms. The molecule has 5 aromatic rings. The Morgan fingerprint density at radius 1 is 0.871 bits per heavy atom. The number of nitrogens with one attached hydrogen (secondary N) is 2. The number of ether oxygens (including phenoxy) is 3. The highest BCUT2D eigenvalue weighted by Crippen LogP contribution is 2.22. The zero-order chi connectivity index (χ0) is 43.4. The Hall–Kier alpha value is -6.92. The number of anilines is 2. The summed E-state index contributed by atoms with van der Waals surface area (Å²) < 4.78 is 31.8. The van der Waals surface area contributed by atoms with Gasteiger partial charge >= 0.3 is 6.09 Å². The van der Waals surface area contributed by atoms with Crippen LogP contribution in [-0.4, -0.2) is 139 Å². The Balaban J connectivity index is 0.901. The molecule has 2 aromatic heterocycles. The highest BCUT2D eigenvalue weighted by Gasteiger charge is 2.29. The predicted octanol–water partition coefficient (Wildman–Crippen LogP) is 2.84. The van der Waals surface area contributed by atoms with Gasteiger partial charge in [0.1, 0.15) is 19.0 Å². The van der Waals surface area contributed by atoms with Gasteiger partial charge in [-0.2, -0.15) is 5.10 Å². The molecule has 17 nitrogen and oxygen atoms in total. The van der Waals surface area contributed by atoms with Crippen molar-refractivity contribution in [1.29, 1.82) is 0 Å². The number of hydrogen-bond donors (Lipinski definition) is 3. The molecular weight excluding hydrogens is 802 g/mol. The van der Waals surface area contributed by atoms with Gasteiger partial charge in [0.25, 0.3) is 17.4 Å². The maximum atomic E-state index is 15.1. The third-order valence-electron chi connectivity index (χ3n) is 10.6. The van der Waals surface area contributed by atoms with Gasteiger partial charge < -0.3 is 40.0 Å². The lowest BCUT2D eigenvalue weighted by atomic mass is 10.0. The summed E-state index contributed by atoms with van der Waals surface area (Å²) in [6, 6.07) is 22.2. The molecule has 324 valence electrons. The van der Waals surface area contributed by atoms with Crippen LogP contribution in [0.2, 0.25) is 0 Å². The van der Waals surface area contributed by atoms with E-state index in [0.717, 1.165) is 11.3 Å². The number of nitrogen functional groups attached to an aromatic ring is 1. The third kappa shape index (κ3) is 10.9. The van der Waals surface area contributed by atoms with Crippen molar-refractivity contribution in [2.45, 2.75) is 13.0 Å². The maximum Gasteiger partial charge on any atom is 0.410 e. The summed E-state index contributed by atoms with van der Waals surface area (Å²) in [5.41, 5.74) is 8.89. The topological polar surface area (TPSA) is 206 Å². The van der Waals surface area contributed by atoms with E-state index < -0.39 is 23.7 Å². The second kappa shape index (κ2) is 20.6. The Bertz CT molecular complexity index is 2440. The molecule has 2 saturated heterocycles. The zero-order valence-electron chi connectivity index (χ0n) is 34.1. The van der Waals surface area contributed by atoms with Crippen LogP contribution in [0.15, 0.2) is 89.9 Å². The molecule has 0 bridgehead atoms. The summed E-state index contributed by atoms with van der Waals surface area (Å²) in [7, 11) is 0. The summed E-state index contributed by atoms with van der Waals surface area (Å²) in [5.74, 6) is -2.01. The Morgan fingerprint density at radius 3 is 2.35 bits per heavy atom. The smallest absolute Gasteiger partial charge is 0.410 e. The van der Waals surface area contributed by atoms with Crippen molar-refractivity contribution in [1.82, 2.24) is 35.2 Å². The van der Waals surface area contributed by atoms with Crippen molar-refractivity contribution in [3.05, 3.63) is 129 Å². The van der Waals surface area contributed by atoms with Crippen molar-refractivity contribution < 1.29 is 37.8 Å². The Kier molecular flexibility index (Phi) is 14.3. The molecular formula is C44H48FN9O8. The Labute approximate surface area is 356 Å². The number of carbonyl (C=O) groups excluding carboxylic acids is 4. The molecule has 0 unspecified atom stereocenters. The standard InChI is InChI=1S/C44H48FN9O8/c45-36-11-10-31(25-38-33-8-4-5-9-34(33)41(56)50-49-38)24-35(36)43(58)53-15-13-52(14-16-53)39(55)28-54(44(59)62-29-30-6-2-1-3-7-30)19-23-60-20-12-47-42(57)40-37(46)26-32(27-48-40)51-17-21-61-22-18-51/h1-11,24,26-27H,12-23,25,28-29,46H2,(H,47,57)(H,50,56). The number of morpholine rings is 1. The number of carbonyl (C=O) groups is 4. The number of H-pyrrole nitrogens is 1. The Morgan fingerprint density at radius 2 is 1.60 bits per heavy atom. The zero-order valence-corrected chi connectivity index (χ0v) is 34.1. The number of halogens is 1. The monoisotopic (exact) mass is 849 g/mol. The molecule has 2 fully saturated rings. The fourth-order valence-electron chi connectivity index (χ4n) is 7.24. The van der Waals surface area contributed by atoms with Crippen molar-refractivity contribution >= 4 is 46.0 Å². The number of rotatable bonds is 15. The number of pyridine rings is 1. The molecule has 4 heterocycles. The van der Waals surface area contributed by atoms with Crippen LogP contribution in [0.25, 0.3) is 10.8 Å². The number of piperazine rings is 1. The largest absolute Gasteiger partial charge is 0.445 e. The molecule has 2 aliphatic heterocycles. The average molecular weight is 850 g/mol. The summed E-state index contributed by atoms with van der Waals surface area (Å²) in [6.45, 7) is 3.25. The van der Waals surface area contributed by atoms with E-state index in [4.69, 9.17) is 19.9 Å². The fourth-order valence-corrected chi connectivity index (χ4v) is 7.24. The number of aromatic nitrogens is 3. The van der Waals surface area contributed by atoms with Gasteiger partial charge in [0, 0.05) is 64.2 Å². The van der Waals surface area contributed by atoms with Gasteiger partial charge in [-0.1, -0.05) is 54.6 Å². The molecule has 18 heteroatoms. The summed E-state index contributed by atoms with van der Waals surface area (Å²) in [5, 5.41) is 10.6. The van der Waals surface area contributed by atoms with Crippen LogP contribution in [0.5, 0.6) is 0 Å². The normalized spacial score (nSPS) is 14.1. The van der Waals surface area contributed by atoms with Gasteiger partial charge in [0.05, 0.1) is 60.6 Å². The van der Waals surface area contributed by atoms with Crippen molar-refractivity contribution in [3.8, 4) is 0 Å². The van der Waals surface area contributed by atoms with E-state index in [1.54, 1.807) is 47.5 Å². The number of aromatic amines is 1. The van der Waals surface area contributed by atoms with Gasteiger partial charge in [-0.25, -0.2) is 19.3 Å². The van der Waals surface area contributed by atoms with Gasteiger partial charge in [-0.05, 0) is 35.4 Å². The van der Waals surface area contributed by atoms with E-state index in [9.17, 15) is 24.0 Å². The molecule has 2 aliphatic rings. The van der Waals surface area contributed by atoms with Crippen LogP contribution in [-0.2, 0) is 32.0 Å². The van der Waals surface area contributed by atoms with E-state index in [1.165, 1.54) is 21.9 Å². The number of hydrogen-bond acceptors (Lipinski definition) is 12. The van der Waals surface area contributed by atoms with E-state index in [2.05, 4.69) is 25.4 Å². The van der Waals surface area contributed by atoms with Crippen LogP contribution in [0.1, 0.15) is 37.7 Å². The number of nitrogens with two attached hydrogens (primary N) is 1. The minimum absolute atomic E-state index is 0.00163. The van der Waals surface area contributed by atoms with Crippen molar-refractivity contribution in [2.24, 2.45) is 0 Å². The second-order valence-corrected chi connectivity index (χ2v) is 14.8. The maximum absolute atomic E-state index is 15.1. The lowest BCUT2D eigenvalue weighted by Gasteiger charge is -2.36. The molecule has 0 saturated carbocycles. The highest BCUT2D eigenvalue weighted by atomic mass is 19.1. The molecule has 4 N–H and O–H groups in total. The first-order valence-corrected chi connectivity index (χ1v) is 20.4. The van der Waals surface area contributed by atoms with Crippen LogP contribution >= 0.6 is 0 Å². The summed E-state index contributed by atoms with van der Waals surface area (Å²) in [4.78, 5) is 76.2. The molecule has 0 atom stereocenters. The first-order valence-electron chi connectivity index (χ1n) is 20.4. The average Bonchev–Trinajstić information content (AvgIpc) is 3.30.